The summed E-state index contributed by atoms with van der Waals surface area (Å²) in [5.74, 6) is -2.99. The number of aliphatic carboxylic acids is 1. The van der Waals surface area contributed by atoms with Crippen LogP contribution in [-0.2, 0) is 53.6 Å². The van der Waals surface area contributed by atoms with E-state index in [1.807, 2.05) is 45.9 Å². The molecule has 4 heterocycles. The predicted octanol–water partition coefficient (Wildman–Crippen LogP) is 7.20. The number of fused-ring (bicyclic) bond motifs is 2. The third kappa shape index (κ3) is 17.8. The standard InChI is InChI=1S/C34H46N4O9S2.C33H44N4O9S.C6H12O3S/c1-9-20-17-34(20,31(42)37-49(43,44)33(6)13-14-33)36-29(40)23-15-21(18-38(23)30(41)28(39)32(4,5)48-8)47-25-16-26(46-10-2)35-27-19(3)24(45-7)12-11-22(25)27;1-9-20-17-33(20,29(39)36-47(41,42)32(7)13-14-32)35-28(38)23-15-21(18-37(23)30(40)46-31(4,5)6)45-25-16-26(44-10-2)34-27-19(3)24(43-8)12-11-22(25)27;1-6(2,10-3)4(7)5(8)9/h9,11-12,16,20-21,23,28,39H,1,10,13-15,17-18H2,2-8H3,(H,36,40)(H,37,42);9,11-12,16,20-21,23H,1,10,13-15,17-18H2,2-8H3,(H,35,38)(H,36,39);4,7H,1-3H3,(H,8,9)/t20?,21-,23+,28?,34-;20?,21-,23+,33-;/m11./s1. The number of nitrogens with one attached hydrogen (secondary N) is 4. The van der Waals surface area contributed by atoms with E-state index in [1.165, 1.54) is 45.5 Å². The van der Waals surface area contributed by atoms with Crippen LogP contribution in [0, 0.1) is 25.7 Å². The molecule has 0 spiro atoms. The summed E-state index contributed by atoms with van der Waals surface area (Å²) in [5.41, 5.74) is -1.12. The van der Waals surface area contributed by atoms with Crippen LogP contribution in [0.5, 0.6) is 34.8 Å². The lowest BCUT2D eigenvalue weighted by Crippen LogP contribution is -2.58. The minimum Gasteiger partial charge on any atom is -0.496 e. The molecule has 2 saturated heterocycles. The number of carbonyl (C=O) groups excluding carboxylic acids is 6. The van der Waals surface area contributed by atoms with Gasteiger partial charge in [-0.2, -0.15) is 23.5 Å². The molecule has 4 saturated carbocycles. The van der Waals surface area contributed by atoms with Crippen molar-refractivity contribution in [3.63, 3.8) is 0 Å². The van der Waals surface area contributed by atoms with E-state index in [0.717, 1.165) is 11.1 Å². The molecule has 2 aromatic heterocycles. The maximum absolute atomic E-state index is 14.1. The fraction of sp³-hybridized carbons (Fsp3) is 0.603. The van der Waals surface area contributed by atoms with Crippen molar-refractivity contribution in [2.75, 3.05) is 53.0 Å². The van der Waals surface area contributed by atoms with Crippen molar-refractivity contribution in [2.45, 2.75) is 214 Å². The molecular weight excluding hydrogens is 1450 g/mol. The molecule has 6 fully saturated rings. The quantitative estimate of drug-likeness (QED) is 0.0276. The van der Waals surface area contributed by atoms with E-state index in [-0.39, 0.29) is 38.8 Å². The number of methoxy groups -OCH3 is 2. The van der Waals surface area contributed by atoms with Crippen LogP contribution in [0.3, 0.4) is 0 Å². The van der Waals surface area contributed by atoms with Gasteiger partial charge in [-0.05, 0) is 165 Å². The minimum atomic E-state index is -3.98. The second-order valence-electron chi connectivity index (χ2n) is 30.0. The Morgan fingerprint density at radius 2 is 1.01 bits per heavy atom. The Bertz CT molecular complexity index is 4310. The number of benzene rings is 2. The summed E-state index contributed by atoms with van der Waals surface area (Å²) in [5, 5.41) is 35.5. The van der Waals surface area contributed by atoms with Gasteiger partial charge in [0.1, 0.15) is 70.1 Å². The van der Waals surface area contributed by atoms with Gasteiger partial charge in [0.15, 0.2) is 6.10 Å². The molecule has 29 nitrogen and oxygen atoms in total. The molecule has 6 amide bonds. The summed E-state index contributed by atoms with van der Waals surface area (Å²) in [6, 6.07) is 8.35. The van der Waals surface area contributed by atoms with Gasteiger partial charge in [-0.15, -0.1) is 13.2 Å². The smallest absolute Gasteiger partial charge is 0.411 e. The van der Waals surface area contributed by atoms with Gasteiger partial charge in [0.25, 0.3) is 17.7 Å². The van der Waals surface area contributed by atoms with Crippen molar-refractivity contribution in [2.24, 2.45) is 11.8 Å². The van der Waals surface area contributed by atoms with Crippen LogP contribution in [0.1, 0.15) is 139 Å². The van der Waals surface area contributed by atoms with Crippen LogP contribution in [-0.4, -0.2) is 219 Å². The first kappa shape index (κ1) is 83.8. The molecule has 0 bridgehead atoms. The fourth-order valence-electron chi connectivity index (χ4n) is 12.4. The topological polar surface area (TPSA) is 393 Å². The third-order valence-corrected chi connectivity index (χ3v) is 27.4. The summed E-state index contributed by atoms with van der Waals surface area (Å²) >= 11 is 2.64. The van der Waals surface area contributed by atoms with Gasteiger partial charge < -0.3 is 64.0 Å². The van der Waals surface area contributed by atoms with Crippen molar-refractivity contribution in [3.8, 4) is 34.8 Å². The van der Waals surface area contributed by atoms with Crippen molar-refractivity contribution in [3.05, 3.63) is 72.8 Å². The zero-order valence-corrected chi connectivity index (χ0v) is 66.5. The molecule has 0 radical (unpaired) electrons. The van der Waals surface area contributed by atoms with Gasteiger partial charge in [0.05, 0.1) is 61.1 Å². The highest BCUT2D eigenvalue weighted by atomic mass is 32.2. The van der Waals surface area contributed by atoms with Crippen LogP contribution >= 0.6 is 23.5 Å². The first-order valence-corrected chi connectivity index (χ1v) is 40.4. The average Bonchev–Trinajstić information content (AvgIpc) is 1.56. The van der Waals surface area contributed by atoms with Gasteiger partial charge in [-0.1, -0.05) is 12.2 Å². The highest BCUT2D eigenvalue weighted by Gasteiger charge is 2.65. The van der Waals surface area contributed by atoms with Crippen LogP contribution in [0.25, 0.3) is 21.8 Å². The van der Waals surface area contributed by atoms with Crippen molar-refractivity contribution >= 4 is 107 Å². The van der Waals surface area contributed by atoms with Gasteiger partial charge in [-0.25, -0.2) is 36.4 Å². The molecule has 4 unspecified atom stereocenters. The highest BCUT2D eigenvalue weighted by Crippen LogP contribution is 2.50. The van der Waals surface area contributed by atoms with Crippen molar-refractivity contribution < 1.29 is 98.9 Å². The number of aromatic nitrogens is 2. The van der Waals surface area contributed by atoms with Crippen LogP contribution in [0.15, 0.2) is 61.7 Å². The van der Waals surface area contributed by atoms with Gasteiger partial charge in [0.2, 0.25) is 43.6 Å². The lowest BCUT2D eigenvalue weighted by Gasteiger charge is -2.33. The first-order chi connectivity index (χ1) is 49.4. The van der Waals surface area contributed by atoms with E-state index in [9.17, 15) is 55.5 Å². The molecule has 4 aromatic rings. The van der Waals surface area contributed by atoms with Crippen LogP contribution < -0.4 is 48.5 Å². The monoisotopic (exact) mass is 1550 g/mol. The molecule has 10 rings (SSSR count). The molecule has 2 aliphatic heterocycles. The number of sulfonamides is 2. The van der Waals surface area contributed by atoms with Crippen LogP contribution in [0.2, 0.25) is 0 Å². The number of carbonyl (C=O) groups is 7. The van der Waals surface area contributed by atoms with E-state index in [4.69, 9.17) is 43.4 Å². The Labute approximate surface area is 628 Å². The molecule has 10 atom stereocenters. The van der Waals surface area contributed by atoms with Gasteiger partial charge >= 0.3 is 12.1 Å². The molecular formula is C73H102N8O21S4. The number of hydrogen-bond acceptors (Lipinski definition) is 24. The van der Waals surface area contributed by atoms with E-state index in [0.29, 0.717) is 95.5 Å². The number of aliphatic hydroxyl groups is 2. The molecule has 7 N–H and O–H groups in total. The van der Waals surface area contributed by atoms with Gasteiger partial charge in [-0.3, -0.25) is 38.3 Å². The molecule has 6 aliphatic rings. The molecule has 106 heavy (non-hydrogen) atoms. The zero-order chi connectivity index (χ0) is 79.0. The van der Waals surface area contributed by atoms with E-state index in [1.54, 1.807) is 107 Å². The lowest BCUT2D eigenvalue weighted by molar-refractivity contribution is -0.148. The first-order valence-electron chi connectivity index (χ1n) is 34.9. The summed E-state index contributed by atoms with van der Waals surface area (Å²) in [7, 11) is -4.78. The SMILES string of the molecule is C=CC1C[C@]1(NC(=O)[C@@H]1C[C@@H](Oc2cc(OCC)nc3c(C)c(OC)ccc23)CN1C(=O)C(O)C(C)(C)SC)C(=O)NS(=O)(=O)C1(C)CC1.C=CC1C[C@]1(NC(=O)[C@@H]1C[C@@H](Oc2cc(OCC)nc3c(C)c(OC)ccc23)CN1C(=O)OC(C)(C)C)C(=O)NS(=O)(=O)C1(C)CC1.CSC(C)(C)C(O)C(=O)O. The number of hydrogen-bond donors (Lipinski definition) is 7. The predicted molar refractivity (Wildman–Crippen MR) is 401 cm³/mol. The Hall–Kier alpha value is -7.85. The number of carboxylic acids is 1. The number of nitrogens with zero attached hydrogens (tertiary/aromatic N) is 4. The normalized spacial score (nSPS) is 23.8. The Kier molecular flexibility index (Phi) is 25.1. The highest BCUT2D eigenvalue weighted by molar-refractivity contribution is 8.00. The summed E-state index contributed by atoms with van der Waals surface area (Å²) in [6.45, 7) is 30.8. The Morgan fingerprint density at radius 3 is 1.33 bits per heavy atom. The number of aryl methyl sites for hydroxylation is 2. The molecule has 584 valence electrons. The van der Waals surface area contributed by atoms with E-state index < -0.39 is 146 Å². The number of thioether (sulfide) groups is 2. The number of rotatable bonds is 28. The Morgan fingerprint density at radius 1 is 0.632 bits per heavy atom. The fourth-order valence-corrected chi connectivity index (χ4v) is 15.7. The lowest BCUT2D eigenvalue weighted by atomic mass is 10.0. The van der Waals surface area contributed by atoms with Crippen LogP contribution in [0.4, 0.5) is 4.79 Å². The minimum absolute atomic E-state index is 0.00669. The maximum Gasteiger partial charge on any atom is 0.411 e. The Balaban J connectivity index is 0.000000237. The average molecular weight is 1560 g/mol. The largest absolute Gasteiger partial charge is 0.496 e. The summed E-state index contributed by atoms with van der Waals surface area (Å²) in [4.78, 5) is 104. The van der Waals surface area contributed by atoms with E-state index in [2.05, 4.69) is 43.2 Å². The molecule has 33 heteroatoms. The maximum atomic E-state index is 14.1. The molecule has 2 aromatic carbocycles. The number of likely N-dealkylation sites (tertiary alicyclic amines) is 2. The zero-order valence-electron chi connectivity index (χ0n) is 63.2. The number of carboxylic acid groups (broad SMARTS) is 1. The second-order valence-corrected chi connectivity index (χ2v) is 37.3. The number of ether oxygens (including phenoxy) is 7. The second kappa shape index (κ2) is 31.8. The summed E-state index contributed by atoms with van der Waals surface area (Å²) in [6.07, 6.45) is 3.90. The number of pyridine rings is 2. The van der Waals surface area contributed by atoms with Crippen molar-refractivity contribution in [1.82, 2.24) is 39.8 Å². The number of amides is 6. The third-order valence-electron chi connectivity index (χ3n) is 20.5. The number of aliphatic hydroxyl groups excluding tert-OH is 2. The summed E-state index contributed by atoms with van der Waals surface area (Å²) < 4.78 is 93.4. The van der Waals surface area contributed by atoms with E-state index >= 15 is 0 Å². The molecule has 4 aliphatic carbocycles. The van der Waals surface area contributed by atoms with Gasteiger partial charge in [0, 0.05) is 68.2 Å². The van der Waals surface area contributed by atoms with Crippen molar-refractivity contribution in [1.29, 1.82) is 0 Å².